The van der Waals surface area contributed by atoms with Gasteiger partial charge in [0, 0.05) is 35.5 Å². The van der Waals surface area contributed by atoms with E-state index in [1.165, 1.54) is 6.07 Å². The van der Waals surface area contributed by atoms with Gasteiger partial charge in [0.2, 0.25) is 11.8 Å². The standard InChI is InChI=1S/C16H14ClN3O4/c17-10-2-1-3-11(7-10)18-16(23)13-8-12(24-20-13)6-9-4-5-14(21)19-15(9)22/h1-3,7-9H,4-6H2,(H,18,23)(H,19,21,22). The number of hydrogen-bond acceptors (Lipinski definition) is 5. The van der Waals surface area contributed by atoms with E-state index in [4.69, 9.17) is 16.1 Å². The smallest absolute Gasteiger partial charge is 0.277 e. The Kier molecular flexibility index (Phi) is 4.61. The van der Waals surface area contributed by atoms with Crippen LogP contribution in [0.4, 0.5) is 5.69 Å². The number of nitrogens with zero attached hydrogens (tertiary/aromatic N) is 1. The van der Waals surface area contributed by atoms with Crippen molar-refractivity contribution in [2.75, 3.05) is 5.32 Å². The number of piperidine rings is 1. The van der Waals surface area contributed by atoms with E-state index in [-0.39, 0.29) is 29.8 Å². The summed E-state index contributed by atoms with van der Waals surface area (Å²) in [5, 5.41) is 9.17. The van der Waals surface area contributed by atoms with E-state index >= 15 is 0 Å². The van der Waals surface area contributed by atoms with Crippen molar-refractivity contribution in [2.24, 2.45) is 5.92 Å². The van der Waals surface area contributed by atoms with Gasteiger partial charge < -0.3 is 9.84 Å². The molecule has 1 aromatic carbocycles. The van der Waals surface area contributed by atoms with Crippen molar-refractivity contribution >= 4 is 35.0 Å². The molecule has 2 N–H and O–H groups in total. The molecule has 1 aliphatic rings. The second kappa shape index (κ2) is 6.84. The van der Waals surface area contributed by atoms with Crippen molar-refractivity contribution in [2.45, 2.75) is 19.3 Å². The Bertz CT molecular complexity index is 802. The van der Waals surface area contributed by atoms with Gasteiger partial charge in [-0.25, -0.2) is 0 Å². The maximum Gasteiger partial charge on any atom is 0.277 e. The largest absolute Gasteiger partial charge is 0.361 e. The highest BCUT2D eigenvalue weighted by Gasteiger charge is 2.28. The van der Waals surface area contributed by atoms with Crippen LogP contribution in [0.25, 0.3) is 0 Å². The minimum atomic E-state index is -0.435. The third kappa shape index (κ3) is 3.80. The number of halogens is 1. The average molecular weight is 348 g/mol. The van der Waals surface area contributed by atoms with E-state index in [0.29, 0.717) is 29.3 Å². The van der Waals surface area contributed by atoms with Crippen molar-refractivity contribution in [3.8, 4) is 0 Å². The van der Waals surface area contributed by atoms with Gasteiger partial charge in [0.1, 0.15) is 5.76 Å². The molecule has 3 rings (SSSR count). The lowest BCUT2D eigenvalue weighted by Gasteiger charge is -2.19. The van der Waals surface area contributed by atoms with E-state index in [9.17, 15) is 14.4 Å². The molecular weight excluding hydrogens is 334 g/mol. The third-order valence-corrected chi connectivity index (χ3v) is 3.91. The van der Waals surface area contributed by atoms with Gasteiger partial charge in [-0.2, -0.15) is 0 Å². The fourth-order valence-corrected chi connectivity index (χ4v) is 2.64. The fraction of sp³-hybridized carbons (Fsp3) is 0.250. The Balaban J connectivity index is 1.63. The summed E-state index contributed by atoms with van der Waals surface area (Å²) >= 11 is 5.86. The number of carbonyl (C=O) groups excluding carboxylic acids is 3. The number of benzene rings is 1. The van der Waals surface area contributed by atoms with Crippen LogP contribution in [0.15, 0.2) is 34.9 Å². The van der Waals surface area contributed by atoms with Crippen molar-refractivity contribution < 1.29 is 18.9 Å². The van der Waals surface area contributed by atoms with Gasteiger partial charge >= 0.3 is 0 Å². The van der Waals surface area contributed by atoms with E-state index < -0.39 is 5.91 Å². The van der Waals surface area contributed by atoms with Crippen LogP contribution in [0.5, 0.6) is 0 Å². The lowest BCUT2D eigenvalue weighted by Crippen LogP contribution is -2.41. The zero-order valence-corrected chi connectivity index (χ0v) is 13.3. The monoisotopic (exact) mass is 347 g/mol. The molecule has 0 saturated carbocycles. The molecule has 124 valence electrons. The third-order valence-electron chi connectivity index (χ3n) is 3.67. The quantitative estimate of drug-likeness (QED) is 0.825. The van der Waals surface area contributed by atoms with Gasteiger partial charge in [-0.05, 0) is 24.6 Å². The van der Waals surface area contributed by atoms with E-state index in [1.54, 1.807) is 24.3 Å². The topological polar surface area (TPSA) is 101 Å². The van der Waals surface area contributed by atoms with Crippen molar-refractivity contribution in [1.29, 1.82) is 0 Å². The molecule has 1 atom stereocenters. The van der Waals surface area contributed by atoms with Crippen LogP contribution < -0.4 is 10.6 Å². The van der Waals surface area contributed by atoms with Gasteiger partial charge in [-0.3, -0.25) is 19.7 Å². The molecule has 1 saturated heterocycles. The van der Waals surface area contributed by atoms with Gasteiger partial charge in [-0.1, -0.05) is 22.8 Å². The van der Waals surface area contributed by atoms with Gasteiger partial charge in [0.15, 0.2) is 5.69 Å². The van der Waals surface area contributed by atoms with Crippen LogP contribution in [-0.4, -0.2) is 22.9 Å². The molecule has 0 radical (unpaired) electrons. The Morgan fingerprint density at radius 1 is 1.38 bits per heavy atom. The van der Waals surface area contributed by atoms with Crippen LogP contribution in [0.2, 0.25) is 5.02 Å². The van der Waals surface area contributed by atoms with Crippen molar-refractivity contribution in [3.63, 3.8) is 0 Å². The molecule has 1 aromatic heterocycles. The maximum atomic E-state index is 12.1. The summed E-state index contributed by atoms with van der Waals surface area (Å²) in [5.74, 6) is -0.973. The molecule has 1 aliphatic heterocycles. The second-order valence-corrected chi connectivity index (χ2v) is 5.93. The SMILES string of the molecule is O=C1CCC(Cc2cc(C(=O)Nc3cccc(Cl)c3)no2)C(=O)N1. The summed E-state index contributed by atoms with van der Waals surface area (Å²) in [4.78, 5) is 35.0. The summed E-state index contributed by atoms with van der Waals surface area (Å²) < 4.78 is 5.12. The molecule has 2 aromatic rings. The Hall–Kier alpha value is -2.67. The lowest BCUT2D eigenvalue weighted by atomic mass is 9.94. The molecule has 3 amide bonds. The lowest BCUT2D eigenvalue weighted by molar-refractivity contribution is -0.136. The first-order chi connectivity index (χ1) is 11.5. The molecule has 0 aliphatic carbocycles. The highest BCUT2D eigenvalue weighted by Crippen LogP contribution is 2.20. The maximum absolute atomic E-state index is 12.1. The molecular formula is C16H14ClN3O4. The summed E-state index contributed by atoms with van der Waals surface area (Å²) in [6, 6.07) is 8.22. The molecule has 8 heteroatoms. The predicted octanol–water partition coefficient (Wildman–Crippen LogP) is 2.18. The Labute approximate surface area is 142 Å². The van der Waals surface area contributed by atoms with Gasteiger partial charge in [-0.15, -0.1) is 0 Å². The number of rotatable bonds is 4. The van der Waals surface area contributed by atoms with Crippen molar-refractivity contribution in [1.82, 2.24) is 10.5 Å². The Morgan fingerprint density at radius 2 is 2.21 bits per heavy atom. The predicted molar refractivity (Wildman–Crippen MR) is 85.5 cm³/mol. The van der Waals surface area contributed by atoms with E-state index in [0.717, 1.165) is 0 Å². The normalized spacial score (nSPS) is 17.5. The fourth-order valence-electron chi connectivity index (χ4n) is 2.45. The summed E-state index contributed by atoms with van der Waals surface area (Å²) in [6.07, 6.45) is 1.04. The zero-order valence-electron chi connectivity index (χ0n) is 12.5. The van der Waals surface area contributed by atoms with Crippen LogP contribution in [0.1, 0.15) is 29.1 Å². The van der Waals surface area contributed by atoms with Crippen molar-refractivity contribution in [3.05, 3.63) is 46.8 Å². The average Bonchev–Trinajstić information content (AvgIpc) is 2.99. The molecule has 24 heavy (non-hydrogen) atoms. The van der Waals surface area contributed by atoms with Crippen LogP contribution in [-0.2, 0) is 16.0 Å². The molecule has 0 spiro atoms. The first kappa shape index (κ1) is 16.2. The first-order valence-corrected chi connectivity index (χ1v) is 7.75. The summed E-state index contributed by atoms with van der Waals surface area (Å²) in [6.45, 7) is 0. The number of imide groups is 1. The molecule has 1 fully saturated rings. The van der Waals surface area contributed by atoms with E-state index in [2.05, 4.69) is 15.8 Å². The number of anilines is 1. The highest BCUT2D eigenvalue weighted by atomic mass is 35.5. The molecule has 2 heterocycles. The molecule has 7 nitrogen and oxygen atoms in total. The minimum Gasteiger partial charge on any atom is -0.361 e. The molecule has 1 unspecified atom stereocenters. The van der Waals surface area contributed by atoms with Gasteiger partial charge in [0.05, 0.1) is 0 Å². The summed E-state index contributed by atoms with van der Waals surface area (Å²) in [5.41, 5.74) is 0.652. The summed E-state index contributed by atoms with van der Waals surface area (Å²) in [7, 11) is 0. The van der Waals surface area contributed by atoms with Crippen LogP contribution >= 0.6 is 11.6 Å². The number of nitrogens with one attached hydrogen (secondary N) is 2. The zero-order chi connectivity index (χ0) is 17.1. The van der Waals surface area contributed by atoms with Crippen LogP contribution in [0.3, 0.4) is 0 Å². The number of hydrogen-bond donors (Lipinski definition) is 2. The molecule has 0 bridgehead atoms. The minimum absolute atomic E-state index is 0.109. The number of amides is 3. The van der Waals surface area contributed by atoms with E-state index in [1.807, 2.05) is 0 Å². The number of carbonyl (C=O) groups is 3. The highest BCUT2D eigenvalue weighted by molar-refractivity contribution is 6.30. The Morgan fingerprint density at radius 3 is 2.96 bits per heavy atom. The van der Waals surface area contributed by atoms with Crippen LogP contribution in [0, 0.1) is 5.92 Å². The first-order valence-electron chi connectivity index (χ1n) is 7.37. The number of aromatic nitrogens is 1. The van der Waals surface area contributed by atoms with Gasteiger partial charge in [0.25, 0.3) is 5.91 Å². The second-order valence-electron chi connectivity index (χ2n) is 5.50.